The van der Waals surface area contributed by atoms with Gasteiger partial charge in [0, 0.05) is 25.2 Å². The fourth-order valence-corrected chi connectivity index (χ4v) is 0.916. The van der Waals surface area contributed by atoms with Gasteiger partial charge in [-0.1, -0.05) is 6.08 Å². The SMILES string of the molecule is CCOC(C/C=C(\C)C(=O)O)OCC. The van der Waals surface area contributed by atoms with Crippen molar-refractivity contribution in [3.63, 3.8) is 0 Å². The maximum Gasteiger partial charge on any atom is 0.330 e. The summed E-state index contributed by atoms with van der Waals surface area (Å²) in [7, 11) is 0. The Hall–Kier alpha value is -0.870. The summed E-state index contributed by atoms with van der Waals surface area (Å²) in [5.41, 5.74) is 0.314. The highest BCUT2D eigenvalue weighted by Crippen LogP contribution is 2.05. The fourth-order valence-electron chi connectivity index (χ4n) is 0.916. The fraction of sp³-hybridized carbons (Fsp3) is 0.700. The lowest BCUT2D eigenvalue weighted by atomic mass is 10.2. The Morgan fingerprint density at radius 1 is 1.36 bits per heavy atom. The molecule has 0 amide bonds. The largest absolute Gasteiger partial charge is 0.478 e. The maximum absolute atomic E-state index is 10.5. The van der Waals surface area contributed by atoms with Crippen LogP contribution in [0.2, 0.25) is 0 Å². The second-order valence-electron chi connectivity index (χ2n) is 2.77. The highest BCUT2D eigenvalue weighted by molar-refractivity contribution is 5.85. The van der Waals surface area contributed by atoms with Crippen LogP contribution in [0.5, 0.6) is 0 Å². The normalized spacial score (nSPS) is 12.1. The van der Waals surface area contributed by atoms with E-state index in [0.717, 1.165) is 0 Å². The minimum absolute atomic E-state index is 0.314. The molecular formula is C10H18O4. The van der Waals surface area contributed by atoms with E-state index in [0.29, 0.717) is 25.2 Å². The Labute approximate surface area is 84.5 Å². The number of ether oxygens (including phenoxy) is 2. The molecule has 4 heteroatoms. The van der Waals surface area contributed by atoms with Gasteiger partial charge in [-0.05, 0) is 20.8 Å². The molecule has 14 heavy (non-hydrogen) atoms. The molecule has 0 fully saturated rings. The first-order valence-electron chi connectivity index (χ1n) is 4.75. The zero-order chi connectivity index (χ0) is 11.0. The summed E-state index contributed by atoms with van der Waals surface area (Å²) in [5.74, 6) is -0.906. The third-order valence-electron chi connectivity index (χ3n) is 1.66. The Morgan fingerprint density at radius 2 is 1.86 bits per heavy atom. The predicted molar refractivity (Wildman–Crippen MR) is 53.0 cm³/mol. The Morgan fingerprint density at radius 3 is 2.21 bits per heavy atom. The standard InChI is InChI=1S/C10H18O4/c1-4-13-9(14-5-2)7-6-8(3)10(11)12/h6,9H,4-5,7H2,1-3H3,(H,11,12)/b8-6+. The Bertz CT molecular complexity index is 192. The second-order valence-corrected chi connectivity index (χ2v) is 2.77. The molecule has 4 nitrogen and oxygen atoms in total. The minimum atomic E-state index is -0.906. The lowest BCUT2D eigenvalue weighted by Crippen LogP contribution is -2.16. The molecular weight excluding hydrogens is 184 g/mol. The first kappa shape index (κ1) is 13.1. The van der Waals surface area contributed by atoms with E-state index in [1.54, 1.807) is 13.0 Å². The van der Waals surface area contributed by atoms with Crippen LogP contribution in [-0.2, 0) is 14.3 Å². The van der Waals surface area contributed by atoms with E-state index in [2.05, 4.69) is 0 Å². The average molecular weight is 202 g/mol. The van der Waals surface area contributed by atoms with Crippen LogP contribution in [-0.4, -0.2) is 30.6 Å². The van der Waals surface area contributed by atoms with Gasteiger partial charge in [-0.2, -0.15) is 0 Å². The summed E-state index contributed by atoms with van der Waals surface area (Å²) in [6.45, 7) is 6.42. The van der Waals surface area contributed by atoms with Crippen LogP contribution >= 0.6 is 0 Å². The van der Waals surface area contributed by atoms with Crippen molar-refractivity contribution in [1.29, 1.82) is 0 Å². The van der Waals surface area contributed by atoms with Gasteiger partial charge < -0.3 is 14.6 Å². The van der Waals surface area contributed by atoms with Crippen LogP contribution < -0.4 is 0 Å². The highest BCUT2D eigenvalue weighted by atomic mass is 16.7. The number of carboxylic acids is 1. The molecule has 0 bridgehead atoms. The van der Waals surface area contributed by atoms with Crippen molar-refractivity contribution in [2.24, 2.45) is 0 Å². The number of rotatable bonds is 7. The molecule has 0 aliphatic heterocycles. The summed E-state index contributed by atoms with van der Waals surface area (Å²) in [6.07, 6.45) is 1.75. The van der Waals surface area contributed by atoms with Crippen molar-refractivity contribution < 1.29 is 19.4 Å². The van der Waals surface area contributed by atoms with Crippen molar-refractivity contribution in [3.05, 3.63) is 11.6 Å². The van der Waals surface area contributed by atoms with E-state index in [9.17, 15) is 4.79 Å². The summed E-state index contributed by atoms with van der Waals surface area (Å²) in [4.78, 5) is 10.5. The zero-order valence-corrected chi connectivity index (χ0v) is 8.95. The lowest BCUT2D eigenvalue weighted by molar-refractivity contribution is -0.134. The molecule has 0 aliphatic rings. The summed E-state index contributed by atoms with van der Waals surface area (Å²) >= 11 is 0. The van der Waals surface area contributed by atoms with Crippen LogP contribution in [0, 0.1) is 0 Å². The molecule has 0 rings (SSSR count). The highest BCUT2D eigenvalue weighted by Gasteiger charge is 2.07. The minimum Gasteiger partial charge on any atom is -0.478 e. The number of carboxylic acid groups (broad SMARTS) is 1. The zero-order valence-electron chi connectivity index (χ0n) is 8.95. The van der Waals surface area contributed by atoms with Gasteiger partial charge in [-0.25, -0.2) is 4.79 Å². The van der Waals surface area contributed by atoms with Crippen LogP contribution in [0.4, 0.5) is 0 Å². The first-order chi connectivity index (χ1) is 6.61. The van der Waals surface area contributed by atoms with Gasteiger partial charge >= 0.3 is 5.97 Å². The second kappa shape index (κ2) is 7.53. The van der Waals surface area contributed by atoms with Crippen LogP contribution in [0.25, 0.3) is 0 Å². The summed E-state index contributed by atoms with van der Waals surface area (Å²) in [5, 5.41) is 8.60. The number of carbonyl (C=O) groups is 1. The molecule has 0 unspecified atom stereocenters. The van der Waals surface area contributed by atoms with E-state index >= 15 is 0 Å². The van der Waals surface area contributed by atoms with Gasteiger partial charge in [-0.3, -0.25) is 0 Å². The van der Waals surface area contributed by atoms with Gasteiger partial charge in [0.1, 0.15) is 0 Å². The predicted octanol–water partition coefficient (Wildman–Crippen LogP) is 1.81. The lowest BCUT2D eigenvalue weighted by Gasteiger charge is -2.14. The molecule has 82 valence electrons. The van der Waals surface area contributed by atoms with E-state index in [1.807, 2.05) is 13.8 Å². The van der Waals surface area contributed by atoms with Crippen LogP contribution in [0.15, 0.2) is 11.6 Å². The number of hydrogen-bond donors (Lipinski definition) is 1. The van der Waals surface area contributed by atoms with Crippen LogP contribution in [0.3, 0.4) is 0 Å². The molecule has 1 N–H and O–H groups in total. The number of aliphatic carboxylic acids is 1. The van der Waals surface area contributed by atoms with Crippen LogP contribution in [0.1, 0.15) is 27.2 Å². The van der Waals surface area contributed by atoms with Crippen molar-refractivity contribution in [3.8, 4) is 0 Å². The third kappa shape index (κ3) is 5.72. The molecule has 0 spiro atoms. The van der Waals surface area contributed by atoms with E-state index in [1.165, 1.54) is 0 Å². The Balaban J connectivity index is 4.02. The van der Waals surface area contributed by atoms with Crippen molar-refractivity contribution in [2.45, 2.75) is 33.5 Å². The smallest absolute Gasteiger partial charge is 0.330 e. The van der Waals surface area contributed by atoms with Gasteiger partial charge in [-0.15, -0.1) is 0 Å². The summed E-state index contributed by atoms with van der Waals surface area (Å²) in [6, 6.07) is 0. The molecule has 0 aliphatic carbocycles. The molecule has 0 aromatic rings. The molecule has 0 heterocycles. The van der Waals surface area contributed by atoms with E-state index < -0.39 is 5.97 Å². The quantitative estimate of drug-likeness (QED) is 0.505. The monoisotopic (exact) mass is 202 g/mol. The van der Waals surface area contributed by atoms with Crippen molar-refractivity contribution in [1.82, 2.24) is 0 Å². The Kier molecular flexibility index (Phi) is 7.06. The van der Waals surface area contributed by atoms with Crippen molar-refractivity contribution >= 4 is 5.97 Å². The van der Waals surface area contributed by atoms with Crippen molar-refractivity contribution in [2.75, 3.05) is 13.2 Å². The molecule has 0 aromatic carbocycles. The summed E-state index contributed by atoms with van der Waals surface area (Å²) < 4.78 is 10.5. The van der Waals surface area contributed by atoms with Gasteiger partial charge in [0.15, 0.2) is 6.29 Å². The average Bonchev–Trinajstić information content (AvgIpc) is 2.14. The number of hydrogen-bond acceptors (Lipinski definition) is 3. The molecule has 0 saturated heterocycles. The first-order valence-corrected chi connectivity index (χ1v) is 4.75. The molecule has 0 atom stereocenters. The molecule has 0 radical (unpaired) electrons. The topological polar surface area (TPSA) is 55.8 Å². The van der Waals surface area contributed by atoms with E-state index in [4.69, 9.17) is 14.6 Å². The van der Waals surface area contributed by atoms with Gasteiger partial charge in [0.05, 0.1) is 0 Å². The van der Waals surface area contributed by atoms with E-state index in [-0.39, 0.29) is 6.29 Å². The maximum atomic E-state index is 10.5. The van der Waals surface area contributed by atoms with Gasteiger partial charge in [0.2, 0.25) is 0 Å². The van der Waals surface area contributed by atoms with Gasteiger partial charge in [0.25, 0.3) is 0 Å². The third-order valence-corrected chi connectivity index (χ3v) is 1.66. The molecule has 0 aromatic heterocycles. The molecule has 0 saturated carbocycles.